The van der Waals surface area contributed by atoms with E-state index in [-0.39, 0.29) is 5.41 Å². The Bertz CT molecular complexity index is 2600. The van der Waals surface area contributed by atoms with E-state index in [1.807, 2.05) is 79.0 Å². The van der Waals surface area contributed by atoms with Gasteiger partial charge in [-0.25, -0.2) is 15.0 Å². The molecule has 2 heterocycles. The Morgan fingerprint density at radius 1 is 0.490 bits per heavy atom. The Morgan fingerprint density at radius 2 is 1.14 bits per heavy atom. The van der Waals surface area contributed by atoms with Crippen LogP contribution in [0, 0.1) is 11.3 Å². The summed E-state index contributed by atoms with van der Waals surface area (Å²) in [6.07, 6.45) is 3.69. The summed E-state index contributed by atoms with van der Waals surface area (Å²) in [6.45, 7) is 4.50. The van der Waals surface area contributed by atoms with Gasteiger partial charge >= 0.3 is 0 Å². The molecule has 0 saturated carbocycles. The first-order valence-electron chi connectivity index (χ1n) is 17.0. The molecule has 1 aliphatic rings. The number of pyridine rings is 1. The van der Waals surface area contributed by atoms with Gasteiger partial charge in [0.25, 0.3) is 0 Å². The second kappa shape index (κ2) is 12.0. The molecule has 0 amide bonds. The molecule has 8 aromatic rings. The number of benzene rings is 6. The average molecular weight is 654 g/mol. The lowest BCUT2D eigenvalue weighted by atomic mass is 9.81. The molecule has 5 nitrogen and oxygen atoms in total. The SMILES string of the molecule is CC1(C)c2cc(C#N)ccc2-c2c1ccc1c(-c3cc(-c4cccnc4)cc(-c4nc(-c5ccccc5)nc(-c5ccccc5)n4)c3)cccc21. The topological polar surface area (TPSA) is 75.3 Å². The lowest BCUT2D eigenvalue weighted by Crippen LogP contribution is -2.15. The van der Waals surface area contributed by atoms with E-state index in [9.17, 15) is 5.26 Å². The van der Waals surface area contributed by atoms with E-state index in [0.29, 0.717) is 23.0 Å². The highest BCUT2D eigenvalue weighted by Gasteiger charge is 2.36. The average Bonchev–Trinajstić information content (AvgIpc) is 3.43. The Kier molecular flexibility index (Phi) is 7.12. The number of rotatable bonds is 5. The van der Waals surface area contributed by atoms with Gasteiger partial charge in [-0.15, -0.1) is 0 Å². The van der Waals surface area contributed by atoms with Crippen LogP contribution in [0.15, 0.2) is 152 Å². The first-order chi connectivity index (χ1) is 25.0. The molecule has 0 bridgehead atoms. The molecule has 51 heavy (non-hydrogen) atoms. The zero-order valence-electron chi connectivity index (χ0n) is 28.2. The smallest absolute Gasteiger partial charge is 0.164 e. The molecular formula is C46H31N5. The van der Waals surface area contributed by atoms with Crippen LogP contribution in [-0.2, 0) is 5.41 Å². The maximum atomic E-state index is 9.68. The minimum absolute atomic E-state index is 0.222. The molecule has 0 spiro atoms. The van der Waals surface area contributed by atoms with Crippen molar-refractivity contribution in [2.75, 3.05) is 0 Å². The molecule has 0 atom stereocenters. The zero-order chi connectivity index (χ0) is 34.5. The van der Waals surface area contributed by atoms with E-state index in [1.165, 1.54) is 27.6 Å². The number of nitriles is 1. The summed E-state index contributed by atoms with van der Waals surface area (Å²) in [4.78, 5) is 19.5. The summed E-state index contributed by atoms with van der Waals surface area (Å²) in [5.74, 6) is 1.84. The highest BCUT2D eigenvalue weighted by atomic mass is 15.0. The molecule has 0 fully saturated rings. The second-order valence-electron chi connectivity index (χ2n) is 13.5. The molecule has 240 valence electrons. The number of aromatic nitrogens is 4. The van der Waals surface area contributed by atoms with Crippen LogP contribution < -0.4 is 0 Å². The van der Waals surface area contributed by atoms with Crippen molar-refractivity contribution in [2.45, 2.75) is 19.3 Å². The van der Waals surface area contributed by atoms with Gasteiger partial charge in [0.2, 0.25) is 0 Å². The summed E-state index contributed by atoms with van der Waals surface area (Å²) in [5, 5.41) is 12.0. The van der Waals surface area contributed by atoms with E-state index >= 15 is 0 Å². The molecular weight excluding hydrogens is 623 g/mol. The molecule has 5 heteroatoms. The fourth-order valence-corrected chi connectivity index (χ4v) is 7.46. The molecule has 2 aromatic heterocycles. The van der Waals surface area contributed by atoms with E-state index < -0.39 is 0 Å². The standard InChI is InChI=1S/C46H31N5/c1-46(2)40-21-20-37-36(16-9-17-38(37)42(40)39-19-18-29(27-47)23-41(39)46)34-24-33(32-15-10-22-48-28-32)25-35(26-34)45-50-43(30-11-5-3-6-12-30)49-44(51-45)31-13-7-4-8-14-31/h3-26,28H,1-2H3. The van der Waals surface area contributed by atoms with Crippen LogP contribution in [-0.4, -0.2) is 19.9 Å². The summed E-state index contributed by atoms with van der Waals surface area (Å²) < 4.78 is 0. The van der Waals surface area contributed by atoms with Crippen LogP contribution in [0.3, 0.4) is 0 Å². The van der Waals surface area contributed by atoms with Crippen molar-refractivity contribution in [2.24, 2.45) is 0 Å². The van der Waals surface area contributed by atoms with Gasteiger partial charge < -0.3 is 0 Å². The van der Waals surface area contributed by atoms with Crippen molar-refractivity contribution >= 4 is 10.8 Å². The number of fused-ring (bicyclic) bond motifs is 5. The molecule has 0 saturated heterocycles. The highest BCUT2D eigenvalue weighted by molar-refractivity contribution is 6.08. The van der Waals surface area contributed by atoms with E-state index in [1.54, 1.807) is 6.20 Å². The lowest BCUT2D eigenvalue weighted by Gasteiger charge is -2.22. The van der Waals surface area contributed by atoms with E-state index in [0.717, 1.165) is 44.3 Å². The third kappa shape index (κ3) is 5.17. The Balaban J connectivity index is 1.28. The number of hydrogen-bond acceptors (Lipinski definition) is 5. The zero-order valence-corrected chi connectivity index (χ0v) is 28.2. The molecule has 0 aliphatic heterocycles. The maximum Gasteiger partial charge on any atom is 0.164 e. The van der Waals surface area contributed by atoms with Gasteiger partial charge in [-0.3, -0.25) is 4.98 Å². The first kappa shape index (κ1) is 30.3. The molecule has 6 aromatic carbocycles. The van der Waals surface area contributed by atoms with Gasteiger partial charge in [-0.1, -0.05) is 117 Å². The van der Waals surface area contributed by atoms with E-state index in [2.05, 4.69) is 91.6 Å². The second-order valence-corrected chi connectivity index (χ2v) is 13.5. The fourth-order valence-electron chi connectivity index (χ4n) is 7.46. The van der Waals surface area contributed by atoms with Crippen molar-refractivity contribution in [3.05, 3.63) is 169 Å². The minimum Gasteiger partial charge on any atom is -0.264 e. The predicted molar refractivity (Wildman–Crippen MR) is 205 cm³/mol. The third-order valence-electron chi connectivity index (χ3n) is 10.0. The van der Waals surface area contributed by atoms with Gasteiger partial charge in [0.1, 0.15) is 0 Å². The van der Waals surface area contributed by atoms with Crippen molar-refractivity contribution in [1.82, 2.24) is 19.9 Å². The quantitative estimate of drug-likeness (QED) is 0.185. The van der Waals surface area contributed by atoms with Crippen LogP contribution >= 0.6 is 0 Å². The lowest BCUT2D eigenvalue weighted by molar-refractivity contribution is 0.660. The van der Waals surface area contributed by atoms with Crippen molar-refractivity contribution in [3.8, 4) is 73.6 Å². The Morgan fingerprint density at radius 3 is 1.80 bits per heavy atom. The van der Waals surface area contributed by atoms with Crippen LogP contribution in [0.25, 0.3) is 78.3 Å². The molecule has 9 rings (SSSR count). The van der Waals surface area contributed by atoms with Gasteiger partial charge in [0, 0.05) is 40.1 Å². The van der Waals surface area contributed by atoms with Crippen LogP contribution in [0.1, 0.15) is 30.5 Å². The van der Waals surface area contributed by atoms with Gasteiger partial charge in [0.05, 0.1) is 11.6 Å². The largest absolute Gasteiger partial charge is 0.264 e. The van der Waals surface area contributed by atoms with Crippen LogP contribution in [0.4, 0.5) is 0 Å². The Labute approximate surface area is 296 Å². The van der Waals surface area contributed by atoms with Gasteiger partial charge in [0.15, 0.2) is 17.5 Å². The summed E-state index contributed by atoms with van der Waals surface area (Å²) in [5.41, 5.74) is 12.3. The predicted octanol–water partition coefficient (Wildman–Crippen LogP) is 10.9. The number of hydrogen-bond donors (Lipinski definition) is 0. The highest BCUT2D eigenvalue weighted by Crippen LogP contribution is 2.52. The first-order valence-corrected chi connectivity index (χ1v) is 17.0. The monoisotopic (exact) mass is 653 g/mol. The molecule has 1 aliphatic carbocycles. The normalized spacial score (nSPS) is 12.6. The molecule has 0 unspecified atom stereocenters. The minimum atomic E-state index is -0.222. The summed E-state index contributed by atoms with van der Waals surface area (Å²) in [6, 6.07) is 50.2. The van der Waals surface area contributed by atoms with E-state index in [4.69, 9.17) is 15.0 Å². The van der Waals surface area contributed by atoms with Crippen LogP contribution in [0.2, 0.25) is 0 Å². The third-order valence-corrected chi connectivity index (χ3v) is 10.0. The van der Waals surface area contributed by atoms with Gasteiger partial charge in [-0.2, -0.15) is 5.26 Å². The number of nitrogens with zero attached hydrogens (tertiary/aromatic N) is 5. The van der Waals surface area contributed by atoms with Crippen molar-refractivity contribution in [1.29, 1.82) is 5.26 Å². The van der Waals surface area contributed by atoms with Crippen molar-refractivity contribution < 1.29 is 0 Å². The Hall–Kier alpha value is -6.77. The maximum absolute atomic E-state index is 9.68. The van der Waals surface area contributed by atoms with Crippen molar-refractivity contribution in [3.63, 3.8) is 0 Å². The summed E-state index contributed by atoms with van der Waals surface area (Å²) in [7, 11) is 0. The fraction of sp³-hybridized carbons (Fsp3) is 0.0652. The van der Waals surface area contributed by atoms with Gasteiger partial charge in [-0.05, 0) is 86.1 Å². The molecule has 0 radical (unpaired) electrons. The van der Waals surface area contributed by atoms with Crippen LogP contribution in [0.5, 0.6) is 0 Å². The summed E-state index contributed by atoms with van der Waals surface area (Å²) >= 11 is 0. The molecule has 0 N–H and O–H groups in total.